The van der Waals surface area contributed by atoms with Crippen molar-refractivity contribution in [1.82, 2.24) is 4.98 Å². The molecular formula is C11H13BrN2O2. The number of carbonyl (C=O) groups excluding carboxylic acids is 1. The minimum absolute atomic E-state index is 0.0181. The van der Waals surface area contributed by atoms with Crippen LogP contribution < -0.4 is 4.90 Å². The Morgan fingerprint density at radius 1 is 1.62 bits per heavy atom. The molecule has 0 saturated carbocycles. The Bertz CT molecular complexity index is 380. The molecule has 0 spiro atoms. The molecule has 0 aromatic carbocycles. The molecular weight excluding hydrogens is 272 g/mol. The normalized spacial score (nSPS) is 19.9. The number of carbonyl (C=O) groups is 1. The lowest BCUT2D eigenvalue weighted by Gasteiger charge is -2.16. The number of anilines is 1. The monoisotopic (exact) mass is 284 g/mol. The van der Waals surface area contributed by atoms with E-state index in [9.17, 15) is 4.79 Å². The average molecular weight is 285 g/mol. The molecule has 1 aliphatic rings. The first-order valence-electron chi connectivity index (χ1n) is 5.15. The molecule has 0 aliphatic carbocycles. The van der Waals surface area contributed by atoms with E-state index in [1.54, 1.807) is 6.20 Å². The maximum absolute atomic E-state index is 11.4. The quantitative estimate of drug-likeness (QED) is 0.778. The second-order valence-corrected chi connectivity index (χ2v) is 4.71. The Kier molecular flexibility index (Phi) is 3.43. The van der Waals surface area contributed by atoms with Crippen LogP contribution in [0.15, 0.2) is 22.8 Å². The molecule has 1 atom stereocenters. The number of esters is 1. The van der Waals surface area contributed by atoms with Crippen molar-refractivity contribution in [2.75, 3.05) is 25.1 Å². The molecule has 0 radical (unpaired) electrons. The van der Waals surface area contributed by atoms with Crippen molar-refractivity contribution in [3.8, 4) is 0 Å². The second kappa shape index (κ2) is 4.82. The molecule has 1 aromatic heterocycles. The predicted octanol–water partition coefficient (Wildman–Crippen LogP) is 1.84. The van der Waals surface area contributed by atoms with E-state index in [1.807, 2.05) is 12.1 Å². The van der Waals surface area contributed by atoms with Gasteiger partial charge in [0, 0.05) is 23.8 Å². The van der Waals surface area contributed by atoms with Crippen LogP contribution >= 0.6 is 15.9 Å². The van der Waals surface area contributed by atoms with Gasteiger partial charge in [-0.2, -0.15) is 0 Å². The maximum atomic E-state index is 11.4. The fraction of sp³-hybridized carbons (Fsp3) is 0.455. The molecule has 5 heteroatoms. The highest BCUT2D eigenvalue weighted by atomic mass is 79.9. The Morgan fingerprint density at radius 2 is 2.44 bits per heavy atom. The summed E-state index contributed by atoms with van der Waals surface area (Å²) in [4.78, 5) is 17.8. The van der Waals surface area contributed by atoms with Crippen molar-refractivity contribution in [1.29, 1.82) is 0 Å². The van der Waals surface area contributed by atoms with E-state index in [-0.39, 0.29) is 11.9 Å². The van der Waals surface area contributed by atoms with E-state index >= 15 is 0 Å². The minimum Gasteiger partial charge on any atom is -0.469 e. The summed E-state index contributed by atoms with van der Waals surface area (Å²) in [6.45, 7) is 1.55. The fourth-order valence-corrected chi connectivity index (χ4v) is 2.12. The van der Waals surface area contributed by atoms with E-state index in [2.05, 4.69) is 25.8 Å². The van der Waals surface area contributed by atoms with Crippen LogP contribution in [-0.4, -0.2) is 31.2 Å². The molecule has 1 saturated heterocycles. The number of rotatable bonds is 2. The molecule has 2 heterocycles. The van der Waals surface area contributed by atoms with Crippen molar-refractivity contribution >= 4 is 27.7 Å². The third-order valence-electron chi connectivity index (χ3n) is 2.76. The van der Waals surface area contributed by atoms with Crippen LogP contribution in [0.2, 0.25) is 0 Å². The predicted molar refractivity (Wildman–Crippen MR) is 64.3 cm³/mol. The first-order valence-corrected chi connectivity index (χ1v) is 5.94. The Labute approximate surface area is 103 Å². The summed E-state index contributed by atoms with van der Waals surface area (Å²) in [5.74, 6) is 0.768. The van der Waals surface area contributed by atoms with Gasteiger partial charge in [0.25, 0.3) is 0 Å². The van der Waals surface area contributed by atoms with Crippen molar-refractivity contribution < 1.29 is 9.53 Å². The lowest BCUT2D eigenvalue weighted by molar-refractivity contribution is -0.144. The number of aromatic nitrogens is 1. The summed E-state index contributed by atoms with van der Waals surface area (Å²) in [6, 6.07) is 3.90. The van der Waals surface area contributed by atoms with E-state index in [1.165, 1.54) is 7.11 Å². The zero-order chi connectivity index (χ0) is 11.5. The minimum atomic E-state index is -0.125. The van der Waals surface area contributed by atoms with Gasteiger partial charge in [0.05, 0.1) is 13.0 Å². The van der Waals surface area contributed by atoms with E-state index in [0.29, 0.717) is 6.54 Å². The van der Waals surface area contributed by atoms with Crippen LogP contribution in [0.3, 0.4) is 0 Å². The van der Waals surface area contributed by atoms with E-state index in [4.69, 9.17) is 4.74 Å². The van der Waals surface area contributed by atoms with Gasteiger partial charge < -0.3 is 9.64 Å². The summed E-state index contributed by atoms with van der Waals surface area (Å²) in [7, 11) is 1.43. The number of nitrogens with zero attached hydrogens (tertiary/aromatic N) is 2. The standard InChI is InChI=1S/C11H13BrN2O2/c1-16-11(15)8-4-5-14(7-8)10-3-2-9(12)6-13-10/h2-3,6,8H,4-5,7H2,1H3. The fourth-order valence-electron chi connectivity index (χ4n) is 1.88. The Balaban J connectivity index is 2.03. The summed E-state index contributed by atoms with van der Waals surface area (Å²) < 4.78 is 5.70. The lowest BCUT2D eigenvalue weighted by atomic mass is 10.1. The topological polar surface area (TPSA) is 42.4 Å². The molecule has 16 heavy (non-hydrogen) atoms. The van der Waals surface area contributed by atoms with Gasteiger partial charge in [-0.25, -0.2) is 4.98 Å². The van der Waals surface area contributed by atoms with Crippen LogP contribution in [0, 0.1) is 5.92 Å². The summed E-state index contributed by atoms with van der Waals surface area (Å²) in [5.41, 5.74) is 0. The van der Waals surface area contributed by atoms with Crippen molar-refractivity contribution in [2.45, 2.75) is 6.42 Å². The van der Waals surface area contributed by atoms with Gasteiger partial charge in [-0.1, -0.05) is 0 Å². The molecule has 86 valence electrons. The van der Waals surface area contributed by atoms with Crippen molar-refractivity contribution in [3.05, 3.63) is 22.8 Å². The zero-order valence-electron chi connectivity index (χ0n) is 9.02. The van der Waals surface area contributed by atoms with Gasteiger partial charge >= 0.3 is 5.97 Å². The Hall–Kier alpha value is -1.10. The highest BCUT2D eigenvalue weighted by Gasteiger charge is 2.29. The smallest absolute Gasteiger partial charge is 0.310 e. The number of ether oxygens (including phenoxy) is 1. The van der Waals surface area contributed by atoms with E-state index < -0.39 is 0 Å². The van der Waals surface area contributed by atoms with Gasteiger partial charge in [0.2, 0.25) is 0 Å². The number of pyridine rings is 1. The SMILES string of the molecule is COC(=O)C1CCN(c2ccc(Br)cn2)C1. The van der Waals surface area contributed by atoms with Gasteiger partial charge in [-0.05, 0) is 34.5 Å². The largest absolute Gasteiger partial charge is 0.469 e. The first kappa shape index (κ1) is 11.4. The van der Waals surface area contributed by atoms with Gasteiger partial charge in [0.15, 0.2) is 0 Å². The maximum Gasteiger partial charge on any atom is 0.310 e. The lowest BCUT2D eigenvalue weighted by Crippen LogP contribution is -2.24. The second-order valence-electron chi connectivity index (χ2n) is 3.79. The Morgan fingerprint density at radius 3 is 3.06 bits per heavy atom. The molecule has 4 nitrogen and oxygen atoms in total. The van der Waals surface area contributed by atoms with Gasteiger partial charge in [-0.15, -0.1) is 0 Å². The van der Waals surface area contributed by atoms with Crippen LogP contribution in [-0.2, 0) is 9.53 Å². The summed E-state index contributed by atoms with van der Waals surface area (Å²) >= 11 is 3.35. The van der Waals surface area contributed by atoms with Crippen LogP contribution in [0.4, 0.5) is 5.82 Å². The zero-order valence-corrected chi connectivity index (χ0v) is 10.6. The third kappa shape index (κ3) is 2.35. The molecule has 0 amide bonds. The van der Waals surface area contributed by atoms with Crippen LogP contribution in [0.5, 0.6) is 0 Å². The van der Waals surface area contributed by atoms with Gasteiger partial charge in [0.1, 0.15) is 5.82 Å². The number of halogens is 1. The molecule has 0 bridgehead atoms. The average Bonchev–Trinajstić information content (AvgIpc) is 2.78. The van der Waals surface area contributed by atoms with Crippen LogP contribution in [0.1, 0.15) is 6.42 Å². The number of hydrogen-bond acceptors (Lipinski definition) is 4. The van der Waals surface area contributed by atoms with Crippen LogP contribution in [0.25, 0.3) is 0 Å². The van der Waals surface area contributed by atoms with Crippen molar-refractivity contribution in [2.24, 2.45) is 5.92 Å². The summed E-state index contributed by atoms with van der Waals surface area (Å²) in [6.07, 6.45) is 2.60. The number of methoxy groups -OCH3 is 1. The van der Waals surface area contributed by atoms with Gasteiger partial charge in [-0.3, -0.25) is 4.79 Å². The third-order valence-corrected chi connectivity index (χ3v) is 3.23. The van der Waals surface area contributed by atoms with E-state index in [0.717, 1.165) is 23.3 Å². The molecule has 1 fully saturated rings. The molecule has 2 rings (SSSR count). The molecule has 0 N–H and O–H groups in total. The highest BCUT2D eigenvalue weighted by molar-refractivity contribution is 9.10. The first-order chi connectivity index (χ1) is 7.70. The molecule has 1 aliphatic heterocycles. The number of hydrogen-bond donors (Lipinski definition) is 0. The highest BCUT2D eigenvalue weighted by Crippen LogP contribution is 2.23. The molecule has 1 unspecified atom stereocenters. The summed E-state index contributed by atoms with van der Waals surface area (Å²) in [5, 5.41) is 0. The molecule has 1 aromatic rings. The van der Waals surface area contributed by atoms with Crippen molar-refractivity contribution in [3.63, 3.8) is 0 Å².